The standard InChI is InChI=1S/C15H25N3O2S/c1-4-13-11-17(3)9-6-10-18(13)21(19,20)15-8-5-7-14(16)12(15)2/h5,7-8,13H,4,6,9-11,16H2,1-3H3. The Bertz CT molecular complexity index is 601. The number of benzene rings is 1. The lowest BCUT2D eigenvalue weighted by atomic mass is 10.2. The third-order valence-electron chi connectivity index (χ3n) is 4.23. The molecule has 0 spiro atoms. The van der Waals surface area contributed by atoms with Crippen molar-refractivity contribution >= 4 is 15.7 Å². The van der Waals surface area contributed by atoms with Crippen LogP contribution in [0.5, 0.6) is 0 Å². The van der Waals surface area contributed by atoms with E-state index in [1.54, 1.807) is 29.4 Å². The molecular weight excluding hydrogens is 286 g/mol. The highest BCUT2D eigenvalue weighted by molar-refractivity contribution is 7.89. The number of rotatable bonds is 3. The fourth-order valence-electron chi connectivity index (χ4n) is 2.91. The molecule has 2 rings (SSSR count). The number of hydrogen-bond acceptors (Lipinski definition) is 4. The van der Waals surface area contributed by atoms with Crippen LogP contribution in [0.3, 0.4) is 0 Å². The first kappa shape index (κ1) is 16.3. The first-order valence-corrected chi connectivity index (χ1v) is 8.87. The molecule has 1 aliphatic heterocycles. The summed E-state index contributed by atoms with van der Waals surface area (Å²) in [6.45, 7) is 6.08. The molecule has 1 aromatic carbocycles. The van der Waals surface area contributed by atoms with Gasteiger partial charge in [-0.15, -0.1) is 0 Å². The molecule has 118 valence electrons. The minimum atomic E-state index is -3.50. The summed E-state index contributed by atoms with van der Waals surface area (Å²) in [5, 5.41) is 0. The first-order chi connectivity index (χ1) is 9.87. The highest BCUT2D eigenvalue weighted by Crippen LogP contribution is 2.27. The largest absolute Gasteiger partial charge is 0.398 e. The summed E-state index contributed by atoms with van der Waals surface area (Å²) in [5.41, 5.74) is 7.04. The van der Waals surface area contributed by atoms with Crippen LogP contribution in [0.4, 0.5) is 5.69 Å². The van der Waals surface area contributed by atoms with E-state index in [9.17, 15) is 8.42 Å². The molecule has 1 heterocycles. The van der Waals surface area contributed by atoms with Crippen molar-refractivity contribution in [2.24, 2.45) is 0 Å². The summed E-state index contributed by atoms with van der Waals surface area (Å²) in [5.74, 6) is 0. The molecule has 0 aromatic heterocycles. The second kappa shape index (κ2) is 6.34. The number of sulfonamides is 1. The Kier molecular flexibility index (Phi) is 4.91. The zero-order chi connectivity index (χ0) is 15.6. The monoisotopic (exact) mass is 311 g/mol. The minimum absolute atomic E-state index is 0.0170. The molecule has 0 radical (unpaired) electrons. The summed E-state index contributed by atoms with van der Waals surface area (Å²) in [6.07, 6.45) is 1.67. The van der Waals surface area contributed by atoms with Crippen molar-refractivity contribution in [3.8, 4) is 0 Å². The van der Waals surface area contributed by atoms with Gasteiger partial charge in [-0.25, -0.2) is 8.42 Å². The third-order valence-corrected chi connectivity index (χ3v) is 6.33. The Morgan fingerprint density at radius 1 is 1.33 bits per heavy atom. The summed E-state index contributed by atoms with van der Waals surface area (Å²) < 4.78 is 27.7. The van der Waals surface area contributed by atoms with E-state index >= 15 is 0 Å². The highest BCUT2D eigenvalue weighted by Gasteiger charge is 2.33. The van der Waals surface area contributed by atoms with Crippen LogP contribution in [-0.2, 0) is 10.0 Å². The van der Waals surface area contributed by atoms with Gasteiger partial charge < -0.3 is 10.6 Å². The van der Waals surface area contributed by atoms with Crippen LogP contribution in [0, 0.1) is 6.92 Å². The van der Waals surface area contributed by atoms with E-state index in [1.807, 2.05) is 14.0 Å². The van der Waals surface area contributed by atoms with Crippen LogP contribution < -0.4 is 5.73 Å². The molecule has 5 nitrogen and oxygen atoms in total. The predicted molar refractivity (Wildman–Crippen MR) is 85.7 cm³/mol. The van der Waals surface area contributed by atoms with Crippen molar-refractivity contribution in [2.45, 2.75) is 37.6 Å². The van der Waals surface area contributed by atoms with Crippen LogP contribution in [-0.4, -0.2) is 50.3 Å². The normalized spacial score (nSPS) is 22.1. The second-order valence-corrected chi connectivity index (χ2v) is 7.62. The van der Waals surface area contributed by atoms with Gasteiger partial charge in [-0.1, -0.05) is 13.0 Å². The van der Waals surface area contributed by atoms with Crippen molar-refractivity contribution in [1.29, 1.82) is 0 Å². The van der Waals surface area contributed by atoms with Crippen LogP contribution >= 0.6 is 0 Å². The van der Waals surface area contributed by atoms with Gasteiger partial charge in [-0.3, -0.25) is 0 Å². The molecule has 2 N–H and O–H groups in total. The minimum Gasteiger partial charge on any atom is -0.398 e. The molecule has 1 unspecified atom stereocenters. The average molecular weight is 311 g/mol. The molecular formula is C15H25N3O2S. The van der Waals surface area contributed by atoms with Gasteiger partial charge in [0.25, 0.3) is 0 Å². The maximum Gasteiger partial charge on any atom is 0.243 e. The molecule has 1 aromatic rings. The average Bonchev–Trinajstić information content (AvgIpc) is 2.63. The van der Waals surface area contributed by atoms with E-state index < -0.39 is 10.0 Å². The Morgan fingerprint density at radius 3 is 2.71 bits per heavy atom. The SMILES string of the molecule is CCC1CN(C)CCCN1S(=O)(=O)c1cccc(N)c1C. The van der Waals surface area contributed by atoms with E-state index in [0.717, 1.165) is 25.9 Å². The maximum atomic E-state index is 13.0. The van der Waals surface area contributed by atoms with Gasteiger partial charge in [-0.05, 0) is 51.1 Å². The fraction of sp³-hybridized carbons (Fsp3) is 0.600. The molecule has 1 aliphatic rings. The number of anilines is 1. The van der Waals surface area contributed by atoms with Gasteiger partial charge in [0, 0.05) is 24.8 Å². The maximum absolute atomic E-state index is 13.0. The van der Waals surface area contributed by atoms with Crippen LogP contribution in [0.2, 0.25) is 0 Å². The first-order valence-electron chi connectivity index (χ1n) is 7.43. The Balaban J connectivity index is 2.43. The summed E-state index contributed by atoms with van der Waals surface area (Å²) in [4.78, 5) is 2.54. The lowest BCUT2D eigenvalue weighted by Crippen LogP contribution is -2.43. The van der Waals surface area contributed by atoms with Crippen molar-refractivity contribution in [3.63, 3.8) is 0 Å². The predicted octanol–water partition coefficient (Wildman–Crippen LogP) is 1.68. The zero-order valence-corrected chi connectivity index (χ0v) is 13.9. The molecule has 1 saturated heterocycles. The Labute approximate surface area is 127 Å². The lowest BCUT2D eigenvalue weighted by molar-refractivity contribution is 0.270. The van der Waals surface area contributed by atoms with Gasteiger partial charge in [0.05, 0.1) is 4.90 Å². The van der Waals surface area contributed by atoms with Crippen molar-refractivity contribution in [2.75, 3.05) is 32.4 Å². The third kappa shape index (κ3) is 3.22. The van der Waals surface area contributed by atoms with Gasteiger partial charge in [0.15, 0.2) is 0 Å². The van der Waals surface area contributed by atoms with E-state index in [2.05, 4.69) is 4.90 Å². The van der Waals surface area contributed by atoms with Crippen LogP contribution in [0.25, 0.3) is 0 Å². The number of nitrogen functional groups attached to an aromatic ring is 1. The lowest BCUT2D eigenvalue weighted by Gasteiger charge is -2.30. The molecule has 0 saturated carbocycles. The van der Waals surface area contributed by atoms with E-state index in [4.69, 9.17) is 5.73 Å². The van der Waals surface area contributed by atoms with Crippen molar-refractivity contribution in [3.05, 3.63) is 23.8 Å². The zero-order valence-electron chi connectivity index (χ0n) is 13.0. The van der Waals surface area contributed by atoms with E-state index in [0.29, 0.717) is 22.7 Å². The number of nitrogens with two attached hydrogens (primary N) is 1. The van der Waals surface area contributed by atoms with Crippen LogP contribution in [0.1, 0.15) is 25.3 Å². The molecule has 1 fully saturated rings. The van der Waals surface area contributed by atoms with Crippen LogP contribution in [0.15, 0.2) is 23.1 Å². The van der Waals surface area contributed by atoms with Gasteiger partial charge in [0.1, 0.15) is 0 Å². The van der Waals surface area contributed by atoms with Gasteiger partial charge >= 0.3 is 0 Å². The summed E-state index contributed by atoms with van der Waals surface area (Å²) in [7, 11) is -1.45. The molecule has 1 atom stereocenters. The Morgan fingerprint density at radius 2 is 2.05 bits per heavy atom. The van der Waals surface area contributed by atoms with Crippen molar-refractivity contribution in [1.82, 2.24) is 9.21 Å². The van der Waals surface area contributed by atoms with Gasteiger partial charge in [-0.2, -0.15) is 4.31 Å². The summed E-state index contributed by atoms with van der Waals surface area (Å²) >= 11 is 0. The fourth-order valence-corrected chi connectivity index (χ4v) is 4.89. The molecule has 21 heavy (non-hydrogen) atoms. The van der Waals surface area contributed by atoms with E-state index in [1.165, 1.54) is 0 Å². The smallest absolute Gasteiger partial charge is 0.243 e. The van der Waals surface area contributed by atoms with Crippen molar-refractivity contribution < 1.29 is 8.42 Å². The Hall–Kier alpha value is -1.11. The molecule has 0 aliphatic carbocycles. The number of likely N-dealkylation sites (N-methyl/N-ethyl adjacent to an activating group) is 1. The second-order valence-electron chi connectivity index (χ2n) is 5.76. The molecule has 0 bridgehead atoms. The highest BCUT2D eigenvalue weighted by atomic mass is 32.2. The summed E-state index contributed by atoms with van der Waals surface area (Å²) in [6, 6.07) is 5.12. The topological polar surface area (TPSA) is 66.6 Å². The molecule has 6 heteroatoms. The number of hydrogen-bond donors (Lipinski definition) is 1. The quantitative estimate of drug-likeness (QED) is 0.863. The van der Waals surface area contributed by atoms with Gasteiger partial charge in [0.2, 0.25) is 10.0 Å². The molecule has 0 amide bonds. The number of nitrogens with zero attached hydrogens (tertiary/aromatic N) is 2. The van der Waals surface area contributed by atoms with E-state index in [-0.39, 0.29) is 6.04 Å².